The summed E-state index contributed by atoms with van der Waals surface area (Å²) in [6.45, 7) is 0.663. The zero-order valence-electron chi connectivity index (χ0n) is 9.44. The normalized spacial score (nSPS) is 10.2. The van der Waals surface area contributed by atoms with Gasteiger partial charge in [0.05, 0.1) is 17.8 Å². The van der Waals surface area contributed by atoms with E-state index in [4.69, 9.17) is 4.74 Å². The molecular formula is C12H13FN2OS. The molecule has 0 fully saturated rings. The van der Waals surface area contributed by atoms with Crippen molar-refractivity contribution in [3.05, 3.63) is 40.6 Å². The highest BCUT2D eigenvalue weighted by Gasteiger charge is 2.03. The van der Waals surface area contributed by atoms with Gasteiger partial charge in [-0.2, -0.15) is 0 Å². The number of aromatic nitrogens is 1. The summed E-state index contributed by atoms with van der Waals surface area (Å²) >= 11 is 1.60. The SMILES string of the molecule is COc1ccc(NCCc2nccs2)c(F)c1. The number of methoxy groups -OCH3 is 1. The monoisotopic (exact) mass is 252 g/mol. The molecule has 0 atom stereocenters. The maximum atomic E-state index is 13.5. The maximum Gasteiger partial charge on any atom is 0.149 e. The van der Waals surface area contributed by atoms with Gasteiger partial charge in [-0.25, -0.2) is 9.37 Å². The van der Waals surface area contributed by atoms with Crippen LogP contribution in [0.1, 0.15) is 5.01 Å². The molecule has 1 aromatic carbocycles. The van der Waals surface area contributed by atoms with Gasteiger partial charge in [-0.15, -0.1) is 11.3 Å². The Morgan fingerprint density at radius 2 is 2.35 bits per heavy atom. The summed E-state index contributed by atoms with van der Waals surface area (Å²) in [5, 5.41) is 6.02. The van der Waals surface area contributed by atoms with E-state index < -0.39 is 0 Å². The zero-order valence-corrected chi connectivity index (χ0v) is 10.3. The Kier molecular flexibility index (Phi) is 3.93. The molecule has 0 radical (unpaired) electrons. The fourth-order valence-corrected chi connectivity index (χ4v) is 2.07. The second-order valence-electron chi connectivity index (χ2n) is 3.45. The van der Waals surface area contributed by atoms with Crippen LogP contribution in [0, 0.1) is 5.82 Å². The number of halogens is 1. The van der Waals surface area contributed by atoms with Crippen LogP contribution in [0.5, 0.6) is 5.75 Å². The summed E-state index contributed by atoms with van der Waals surface area (Å²) in [6.07, 6.45) is 2.57. The second kappa shape index (κ2) is 5.63. The second-order valence-corrected chi connectivity index (χ2v) is 4.43. The largest absolute Gasteiger partial charge is 0.497 e. The molecule has 0 aliphatic carbocycles. The van der Waals surface area contributed by atoms with Gasteiger partial charge in [0.1, 0.15) is 11.6 Å². The Bertz CT molecular complexity index is 473. The molecule has 0 unspecified atom stereocenters. The number of nitrogens with one attached hydrogen (secondary N) is 1. The fraction of sp³-hybridized carbons (Fsp3) is 0.250. The summed E-state index contributed by atoms with van der Waals surface area (Å²) in [5.74, 6) is 0.219. The lowest BCUT2D eigenvalue weighted by Crippen LogP contribution is -2.06. The molecule has 2 aromatic rings. The van der Waals surface area contributed by atoms with Crippen LogP contribution < -0.4 is 10.1 Å². The highest BCUT2D eigenvalue weighted by Crippen LogP contribution is 2.20. The third kappa shape index (κ3) is 3.17. The molecule has 3 nitrogen and oxygen atoms in total. The van der Waals surface area contributed by atoms with Gasteiger partial charge < -0.3 is 10.1 Å². The van der Waals surface area contributed by atoms with E-state index in [2.05, 4.69) is 10.3 Å². The number of benzene rings is 1. The lowest BCUT2D eigenvalue weighted by molar-refractivity contribution is 0.411. The van der Waals surface area contributed by atoms with E-state index in [1.54, 1.807) is 29.7 Å². The fourth-order valence-electron chi connectivity index (χ4n) is 1.45. The Morgan fingerprint density at radius 1 is 1.47 bits per heavy atom. The molecule has 2 rings (SSSR count). The van der Waals surface area contributed by atoms with E-state index in [0.29, 0.717) is 18.0 Å². The Labute approximate surface area is 103 Å². The molecule has 1 aromatic heterocycles. The summed E-state index contributed by atoms with van der Waals surface area (Å²) in [5.41, 5.74) is 0.488. The summed E-state index contributed by atoms with van der Waals surface area (Å²) in [4.78, 5) is 4.16. The first-order valence-electron chi connectivity index (χ1n) is 5.25. The first kappa shape index (κ1) is 11.9. The van der Waals surface area contributed by atoms with E-state index in [9.17, 15) is 4.39 Å². The molecule has 0 amide bonds. The molecule has 0 saturated carbocycles. The minimum Gasteiger partial charge on any atom is -0.497 e. The van der Waals surface area contributed by atoms with Gasteiger partial charge in [0.2, 0.25) is 0 Å². The van der Waals surface area contributed by atoms with Crippen LogP contribution in [-0.4, -0.2) is 18.6 Å². The van der Waals surface area contributed by atoms with Crippen LogP contribution in [0.25, 0.3) is 0 Å². The van der Waals surface area contributed by atoms with Crippen molar-refractivity contribution in [3.8, 4) is 5.75 Å². The number of hydrogen-bond donors (Lipinski definition) is 1. The molecule has 90 valence electrons. The topological polar surface area (TPSA) is 34.1 Å². The minimum absolute atomic E-state index is 0.302. The standard InChI is InChI=1S/C12H13FN2OS/c1-16-9-2-3-11(10(13)8-9)14-5-4-12-15-6-7-17-12/h2-3,6-8,14H,4-5H2,1H3. The molecule has 5 heteroatoms. The third-order valence-electron chi connectivity index (χ3n) is 2.31. The van der Waals surface area contributed by atoms with Crippen molar-refractivity contribution in [2.24, 2.45) is 0 Å². The van der Waals surface area contributed by atoms with Crippen LogP contribution in [-0.2, 0) is 6.42 Å². The first-order chi connectivity index (χ1) is 8.29. The molecule has 1 heterocycles. The Morgan fingerprint density at radius 3 is 3.00 bits per heavy atom. The van der Waals surface area contributed by atoms with Crippen molar-refractivity contribution in [1.29, 1.82) is 0 Å². The zero-order chi connectivity index (χ0) is 12.1. The molecule has 0 aliphatic heterocycles. The quantitative estimate of drug-likeness (QED) is 0.888. The molecule has 0 bridgehead atoms. The molecule has 0 spiro atoms. The van der Waals surface area contributed by atoms with Gasteiger partial charge >= 0.3 is 0 Å². The van der Waals surface area contributed by atoms with E-state index in [0.717, 1.165) is 11.4 Å². The van der Waals surface area contributed by atoms with Crippen molar-refractivity contribution < 1.29 is 9.13 Å². The van der Waals surface area contributed by atoms with Gasteiger partial charge in [0.15, 0.2) is 0 Å². The number of anilines is 1. The average Bonchev–Trinajstić information content (AvgIpc) is 2.84. The Hall–Kier alpha value is -1.62. The number of thiazole rings is 1. The third-order valence-corrected chi connectivity index (χ3v) is 3.15. The van der Waals surface area contributed by atoms with Gasteiger partial charge in [-0.05, 0) is 12.1 Å². The van der Waals surface area contributed by atoms with Gasteiger partial charge in [0.25, 0.3) is 0 Å². The van der Waals surface area contributed by atoms with Crippen molar-refractivity contribution in [1.82, 2.24) is 4.98 Å². The predicted molar refractivity (Wildman–Crippen MR) is 67.3 cm³/mol. The number of nitrogens with zero attached hydrogens (tertiary/aromatic N) is 1. The van der Waals surface area contributed by atoms with Crippen molar-refractivity contribution in [3.63, 3.8) is 0 Å². The first-order valence-corrected chi connectivity index (χ1v) is 6.13. The highest BCUT2D eigenvalue weighted by atomic mass is 32.1. The van der Waals surface area contributed by atoms with Gasteiger partial charge in [-0.1, -0.05) is 0 Å². The number of hydrogen-bond acceptors (Lipinski definition) is 4. The van der Waals surface area contributed by atoms with E-state index in [1.165, 1.54) is 13.2 Å². The highest BCUT2D eigenvalue weighted by molar-refractivity contribution is 7.09. The number of ether oxygens (including phenoxy) is 1. The van der Waals surface area contributed by atoms with Crippen LogP contribution in [0.15, 0.2) is 29.8 Å². The van der Waals surface area contributed by atoms with Crippen LogP contribution in [0.3, 0.4) is 0 Å². The molecule has 0 saturated heterocycles. The van der Waals surface area contributed by atoms with Crippen molar-refractivity contribution in [2.75, 3.05) is 19.0 Å². The summed E-state index contributed by atoms with van der Waals surface area (Å²) in [6, 6.07) is 4.77. The maximum absolute atomic E-state index is 13.5. The summed E-state index contributed by atoms with van der Waals surface area (Å²) in [7, 11) is 1.52. The molecular weight excluding hydrogens is 239 g/mol. The van der Waals surface area contributed by atoms with Gasteiger partial charge in [0, 0.05) is 30.6 Å². The van der Waals surface area contributed by atoms with E-state index in [1.807, 2.05) is 5.38 Å². The predicted octanol–water partition coefficient (Wildman–Crippen LogP) is 2.95. The van der Waals surface area contributed by atoms with Crippen molar-refractivity contribution in [2.45, 2.75) is 6.42 Å². The van der Waals surface area contributed by atoms with Crippen LogP contribution >= 0.6 is 11.3 Å². The van der Waals surface area contributed by atoms with Gasteiger partial charge in [-0.3, -0.25) is 0 Å². The van der Waals surface area contributed by atoms with Crippen LogP contribution in [0.2, 0.25) is 0 Å². The van der Waals surface area contributed by atoms with Crippen LogP contribution in [0.4, 0.5) is 10.1 Å². The Balaban J connectivity index is 1.90. The summed E-state index contributed by atoms with van der Waals surface area (Å²) < 4.78 is 18.5. The average molecular weight is 252 g/mol. The lowest BCUT2D eigenvalue weighted by atomic mass is 10.3. The molecule has 1 N–H and O–H groups in total. The van der Waals surface area contributed by atoms with E-state index >= 15 is 0 Å². The smallest absolute Gasteiger partial charge is 0.149 e. The minimum atomic E-state index is -0.302. The number of rotatable bonds is 5. The van der Waals surface area contributed by atoms with Crippen molar-refractivity contribution >= 4 is 17.0 Å². The molecule has 17 heavy (non-hydrogen) atoms. The molecule has 0 aliphatic rings. The van der Waals surface area contributed by atoms with E-state index in [-0.39, 0.29) is 5.82 Å². The lowest BCUT2D eigenvalue weighted by Gasteiger charge is -2.07.